The van der Waals surface area contributed by atoms with Crippen LogP contribution in [0, 0.1) is 5.92 Å². The van der Waals surface area contributed by atoms with Crippen molar-refractivity contribution in [3.05, 3.63) is 24.3 Å². The maximum absolute atomic E-state index is 12.1. The van der Waals surface area contributed by atoms with E-state index < -0.39 is 9.84 Å². The Labute approximate surface area is 119 Å². The lowest BCUT2D eigenvalue weighted by Gasteiger charge is -2.15. The fraction of sp³-hybridized carbons (Fsp3) is 0.500. The number of nitrogens with one attached hydrogen (secondary N) is 2. The summed E-state index contributed by atoms with van der Waals surface area (Å²) in [6, 6.07) is 6.51. The van der Waals surface area contributed by atoms with E-state index in [9.17, 15) is 13.2 Å². The quantitative estimate of drug-likeness (QED) is 0.881. The molecule has 2 unspecified atom stereocenters. The van der Waals surface area contributed by atoms with Crippen LogP contribution in [0.5, 0.6) is 0 Å². The van der Waals surface area contributed by atoms with Gasteiger partial charge in [-0.05, 0) is 44.2 Å². The van der Waals surface area contributed by atoms with Gasteiger partial charge in [-0.15, -0.1) is 0 Å². The zero-order valence-corrected chi connectivity index (χ0v) is 12.5. The van der Waals surface area contributed by atoms with E-state index in [4.69, 9.17) is 0 Å². The number of carbonyl (C=O) groups is 1. The first-order valence-corrected chi connectivity index (χ1v) is 8.46. The van der Waals surface area contributed by atoms with E-state index in [1.807, 2.05) is 6.92 Å². The molecule has 5 nitrogen and oxygen atoms in total. The summed E-state index contributed by atoms with van der Waals surface area (Å²) in [5.41, 5.74) is 0.629. The van der Waals surface area contributed by atoms with Crippen LogP contribution in [0.15, 0.2) is 29.2 Å². The number of anilines is 1. The molecule has 0 aliphatic carbocycles. The van der Waals surface area contributed by atoms with Crippen LogP contribution in [0.2, 0.25) is 0 Å². The van der Waals surface area contributed by atoms with Crippen LogP contribution in [-0.4, -0.2) is 32.7 Å². The average Bonchev–Trinajstić information content (AvgIpc) is 2.85. The van der Waals surface area contributed by atoms with Crippen molar-refractivity contribution in [2.24, 2.45) is 5.92 Å². The molecule has 1 fully saturated rings. The minimum atomic E-state index is -3.19. The molecule has 20 heavy (non-hydrogen) atoms. The Bertz CT molecular complexity index is 581. The van der Waals surface area contributed by atoms with Crippen molar-refractivity contribution in [3.8, 4) is 0 Å². The predicted molar refractivity (Wildman–Crippen MR) is 78.4 cm³/mol. The van der Waals surface area contributed by atoms with Crippen LogP contribution in [0.25, 0.3) is 0 Å². The highest BCUT2D eigenvalue weighted by Gasteiger charge is 2.29. The van der Waals surface area contributed by atoms with E-state index in [2.05, 4.69) is 10.6 Å². The molecule has 2 atom stereocenters. The van der Waals surface area contributed by atoms with Crippen molar-refractivity contribution < 1.29 is 13.2 Å². The topological polar surface area (TPSA) is 75.3 Å². The maximum atomic E-state index is 12.1. The number of hydrogen-bond donors (Lipinski definition) is 2. The fourth-order valence-corrected chi connectivity index (χ4v) is 3.25. The molecule has 0 radical (unpaired) electrons. The second kappa shape index (κ2) is 5.93. The molecule has 2 N–H and O–H groups in total. The first-order valence-electron chi connectivity index (χ1n) is 6.81. The third-order valence-electron chi connectivity index (χ3n) is 3.72. The zero-order chi connectivity index (χ0) is 14.8. The van der Waals surface area contributed by atoms with Gasteiger partial charge in [0.15, 0.2) is 9.84 Å². The molecule has 0 bridgehead atoms. The minimum Gasteiger partial charge on any atom is -0.326 e. The summed E-state index contributed by atoms with van der Waals surface area (Å²) in [6.45, 7) is 4.46. The van der Waals surface area contributed by atoms with Gasteiger partial charge in [-0.2, -0.15) is 0 Å². The molecule has 1 heterocycles. The van der Waals surface area contributed by atoms with Crippen LogP contribution in [0.4, 0.5) is 5.69 Å². The summed E-state index contributed by atoms with van der Waals surface area (Å²) in [6.07, 6.45) is 0.829. The highest BCUT2D eigenvalue weighted by Crippen LogP contribution is 2.19. The second-order valence-corrected chi connectivity index (χ2v) is 7.33. The van der Waals surface area contributed by atoms with E-state index in [-0.39, 0.29) is 28.5 Å². The van der Waals surface area contributed by atoms with Crippen molar-refractivity contribution in [2.45, 2.75) is 31.2 Å². The van der Waals surface area contributed by atoms with Gasteiger partial charge in [0.2, 0.25) is 5.91 Å². The Hall–Kier alpha value is -1.40. The summed E-state index contributed by atoms with van der Waals surface area (Å²) < 4.78 is 23.4. The van der Waals surface area contributed by atoms with Gasteiger partial charge >= 0.3 is 0 Å². The largest absolute Gasteiger partial charge is 0.326 e. The Balaban J connectivity index is 2.06. The zero-order valence-electron chi connectivity index (χ0n) is 11.7. The smallest absolute Gasteiger partial charge is 0.229 e. The molecule has 0 aromatic heterocycles. The summed E-state index contributed by atoms with van der Waals surface area (Å²) >= 11 is 0. The van der Waals surface area contributed by atoms with Crippen LogP contribution in [0.3, 0.4) is 0 Å². The van der Waals surface area contributed by atoms with Crippen LogP contribution >= 0.6 is 0 Å². The van der Waals surface area contributed by atoms with Gasteiger partial charge in [0, 0.05) is 11.7 Å². The minimum absolute atomic E-state index is 0.0198. The van der Waals surface area contributed by atoms with E-state index in [1.54, 1.807) is 19.1 Å². The Kier molecular flexibility index (Phi) is 4.45. The van der Waals surface area contributed by atoms with E-state index in [0.717, 1.165) is 13.0 Å². The van der Waals surface area contributed by atoms with E-state index in [0.29, 0.717) is 5.69 Å². The predicted octanol–water partition coefficient (Wildman–Crippen LogP) is 1.42. The molecule has 1 aliphatic rings. The van der Waals surface area contributed by atoms with E-state index >= 15 is 0 Å². The standard InChI is InChI=1S/C14H20N2O3S/c1-3-20(18,19)12-6-4-11(5-7-12)16-14(17)13-8-9-15-10(13)2/h4-7,10,13,15H,3,8-9H2,1-2H3,(H,16,17). The van der Waals surface area contributed by atoms with Crippen molar-refractivity contribution >= 4 is 21.4 Å². The number of benzene rings is 1. The van der Waals surface area contributed by atoms with Crippen molar-refractivity contribution in [2.75, 3.05) is 17.6 Å². The molecule has 110 valence electrons. The van der Waals surface area contributed by atoms with Crippen LogP contribution < -0.4 is 10.6 Å². The number of amides is 1. The molecular weight excluding hydrogens is 276 g/mol. The molecule has 2 rings (SSSR count). The SMILES string of the molecule is CCS(=O)(=O)c1ccc(NC(=O)C2CCNC2C)cc1. The van der Waals surface area contributed by atoms with Crippen molar-refractivity contribution in [1.29, 1.82) is 0 Å². The first kappa shape index (κ1) is 15.0. The monoisotopic (exact) mass is 296 g/mol. The lowest BCUT2D eigenvalue weighted by molar-refractivity contribution is -0.120. The summed E-state index contributed by atoms with van der Waals surface area (Å²) in [4.78, 5) is 12.4. The Morgan fingerprint density at radius 2 is 2.00 bits per heavy atom. The van der Waals surface area contributed by atoms with Gasteiger partial charge in [0.1, 0.15) is 0 Å². The lowest BCUT2D eigenvalue weighted by atomic mass is 10.0. The number of carbonyl (C=O) groups excluding carboxylic acids is 1. The van der Waals surface area contributed by atoms with Gasteiger partial charge in [0.25, 0.3) is 0 Å². The number of hydrogen-bond acceptors (Lipinski definition) is 4. The summed E-state index contributed by atoms with van der Waals surface area (Å²) in [5.74, 6) is 0.0203. The number of rotatable bonds is 4. The van der Waals surface area contributed by atoms with Crippen LogP contribution in [0.1, 0.15) is 20.3 Å². The summed E-state index contributed by atoms with van der Waals surface area (Å²) in [5, 5.41) is 6.07. The molecule has 6 heteroatoms. The van der Waals surface area contributed by atoms with Gasteiger partial charge in [0.05, 0.1) is 16.6 Å². The highest BCUT2D eigenvalue weighted by molar-refractivity contribution is 7.91. The summed E-state index contributed by atoms with van der Waals surface area (Å²) in [7, 11) is -3.19. The molecular formula is C14H20N2O3S. The van der Waals surface area contributed by atoms with Gasteiger partial charge in [-0.25, -0.2) is 8.42 Å². The second-order valence-electron chi connectivity index (χ2n) is 5.06. The third kappa shape index (κ3) is 3.19. The van der Waals surface area contributed by atoms with Crippen molar-refractivity contribution in [1.82, 2.24) is 5.32 Å². The average molecular weight is 296 g/mol. The maximum Gasteiger partial charge on any atom is 0.229 e. The lowest BCUT2D eigenvalue weighted by Crippen LogP contribution is -2.32. The molecule has 1 aromatic rings. The fourth-order valence-electron chi connectivity index (χ4n) is 2.36. The first-order chi connectivity index (χ1) is 9.44. The number of sulfone groups is 1. The molecule has 0 spiro atoms. The highest BCUT2D eigenvalue weighted by atomic mass is 32.2. The normalized spacial score (nSPS) is 22.7. The molecule has 1 saturated heterocycles. The third-order valence-corrected chi connectivity index (χ3v) is 5.47. The van der Waals surface area contributed by atoms with E-state index in [1.165, 1.54) is 12.1 Å². The van der Waals surface area contributed by atoms with Crippen molar-refractivity contribution in [3.63, 3.8) is 0 Å². The Morgan fingerprint density at radius 1 is 1.35 bits per heavy atom. The van der Waals surface area contributed by atoms with Gasteiger partial charge in [-0.3, -0.25) is 4.79 Å². The Morgan fingerprint density at radius 3 is 2.50 bits per heavy atom. The molecule has 0 saturated carbocycles. The van der Waals surface area contributed by atoms with Crippen LogP contribution in [-0.2, 0) is 14.6 Å². The van der Waals surface area contributed by atoms with Gasteiger partial charge < -0.3 is 10.6 Å². The molecule has 1 amide bonds. The molecule has 1 aromatic carbocycles. The molecule has 1 aliphatic heterocycles. The van der Waals surface area contributed by atoms with Gasteiger partial charge in [-0.1, -0.05) is 6.92 Å².